The van der Waals surface area contributed by atoms with E-state index in [9.17, 15) is 18.4 Å². The molecule has 0 saturated carbocycles. The van der Waals surface area contributed by atoms with Crippen LogP contribution in [0.5, 0.6) is 0 Å². The van der Waals surface area contributed by atoms with Gasteiger partial charge in [-0.15, -0.1) is 0 Å². The molecule has 2 aliphatic rings. The summed E-state index contributed by atoms with van der Waals surface area (Å²) in [6, 6.07) is 14.5. The minimum Gasteiger partial charge on any atom is -0.354 e. The molecule has 3 aromatic rings. The number of benzene rings is 2. The first kappa shape index (κ1) is 26.3. The van der Waals surface area contributed by atoms with Crippen molar-refractivity contribution in [3.8, 4) is 0 Å². The average molecular weight is 542 g/mol. The molecule has 0 bridgehead atoms. The number of amides is 1. The van der Waals surface area contributed by atoms with Gasteiger partial charge in [0.15, 0.2) is 0 Å². The first-order chi connectivity index (χ1) is 18.3. The van der Waals surface area contributed by atoms with Gasteiger partial charge in [-0.05, 0) is 48.2 Å². The van der Waals surface area contributed by atoms with Crippen LogP contribution in [0.4, 0.5) is 14.6 Å². The summed E-state index contributed by atoms with van der Waals surface area (Å²) in [4.78, 5) is 29.5. The van der Waals surface area contributed by atoms with E-state index in [1.54, 1.807) is 13.1 Å². The molecule has 3 heterocycles. The Kier molecular flexibility index (Phi) is 7.76. The fraction of sp³-hybridized carbons (Fsp3) is 0.393. The van der Waals surface area contributed by atoms with Crippen LogP contribution < -0.4 is 15.8 Å². The van der Waals surface area contributed by atoms with Gasteiger partial charge in [0, 0.05) is 68.9 Å². The number of hydrogen-bond acceptors (Lipinski definition) is 5. The maximum absolute atomic E-state index is 14.9. The standard InChI is InChI=1S/C28H30ClF2N5O2/c1-34-27(37)11-10-26(33-34)36-16-22(21-9-8-20(30)15-24(21)31)23(17-36)28(38)35-13-2-3-25(32-12-14-35)18-4-6-19(29)7-5-18/h4-11,15,22-23,25,32H,2-3,12-14,16-17H2,1H3. The van der Waals surface area contributed by atoms with Crippen LogP contribution in [0.25, 0.3) is 0 Å². The SMILES string of the molecule is Cn1nc(N2CC(C(=O)N3CCCC(c4ccc(Cl)cc4)NCC3)C(c3ccc(F)cc3F)C2)ccc1=O. The van der Waals surface area contributed by atoms with E-state index in [1.165, 1.54) is 22.9 Å². The molecule has 1 aromatic heterocycles. The fourth-order valence-electron chi connectivity index (χ4n) is 5.53. The molecular weight excluding hydrogens is 512 g/mol. The van der Waals surface area contributed by atoms with Crippen molar-refractivity contribution in [1.29, 1.82) is 0 Å². The molecule has 1 N–H and O–H groups in total. The lowest BCUT2D eigenvalue weighted by Crippen LogP contribution is -2.45. The van der Waals surface area contributed by atoms with E-state index in [-0.39, 0.29) is 17.5 Å². The van der Waals surface area contributed by atoms with Gasteiger partial charge in [0.05, 0.1) is 5.92 Å². The highest BCUT2D eigenvalue weighted by Gasteiger charge is 2.42. The Morgan fingerprint density at radius 3 is 2.58 bits per heavy atom. The maximum atomic E-state index is 14.9. The van der Waals surface area contributed by atoms with Crippen molar-refractivity contribution in [1.82, 2.24) is 20.0 Å². The zero-order valence-electron chi connectivity index (χ0n) is 21.1. The molecule has 2 saturated heterocycles. The van der Waals surface area contributed by atoms with Crippen molar-refractivity contribution in [3.05, 3.63) is 92.7 Å². The van der Waals surface area contributed by atoms with Crippen LogP contribution >= 0.6 is 11.6 Å². The molecule has 2 fully saturated rings. The van der Waals surface area contributed by atoms with Gasteiger partial charge in [-0.2, -0.15) is 5.10 Å². The predicted octanol–water partition coefficient (Wildman–Crippen LogP) is 3.89. The number of carbonyl (C=O) groups excluding carboxylic acids is 1. The first-order valence-electron chi connectivity index (χ1n) is 12.8. The normalized spacial score (nSPS) is 22.3. The molecule has 38 heavy (non-hydrogen) atoms. The van der Waals surface area contributed by atoms with Crippen LogP contribution in [0.15, 0.2) is 59.4 Å². The van der Waals surface area contributed by atoms with Crippen molar-refractivity contribution in [2.45, 2.75) is 24.8 Å². The molecule has 2 aromatic carbocycles. The second-order valence-electron chi connectivity index (χ2n) is 9.96. The van der Waals surface area contributed by atoms with E-state index in [0.29, 0.717) is 49.1 Å². The fourth-order valence-corrected chi connectivity index (χ4v) is 5.65. The molecule has 1 amide bonds. The topological polar surface area (TPSA) is 70.5 Å². The van der Waals surface area contributed by atoms with E-state index in [2.05, 4.69) is 10.4 Å². The molecule has 3 atom stereocenters. The van der Waals surface area contributed by atoms with Crippen LogP contribution in [0.3, 0.4) is 0 Å². The number of nitrogens with zero attached hydrogens (tertiary/aromatic N) is 4. The van der Waals surface area contributed by atoms with Crippen LogP contribution in [0.2, 0.25) is 5.02 Å². The quantitative estimate of drug-likeness (QED) is 0.543. The number of aromatic nitrogens is 2. The Hall–Kier alpha value is -3.30. The van der Waals surface area contributed by atoms with E-state index in [1.807, 2.05) is 34.1 Å². The Labute approximate surface area is 225 Å². The Morgan fingerprint density at radius 2 is 1.84 bits per heavy atom. The second kappa shape index (κ2) is 11.2. The summed E-state index contributed by atoms with van der Waals surface area (Å²) < 4.78 is 29.8. The number of aryl methyl sites for hydroxylation is 1. The Bertz CT molecular complexity index is 1360. The van der Waals surface area contributed by atoms with Crippen molar-refractivity contribution in [3.63, 3.8) is 0 Å². The van der Waals surface area contributed by atoms with Crippen molar-refractivity contribution >= 4 is 23.3 Å². The third-order valence-electron chi connectivity index (χ3n) is 7.55. The molecule has 5 rings (SSSR count). The lowest BCUT2D eigenvalue weighted by Gasteiger charge is -2.32. The van der Waals surface area contributed by atoms with Gasteiger partial charge in [0.1, 0.15) is 17.5 Å². The maximum Gasteiger partial charge on any atom is 0.266 e. The highest BCUT2D eigenvalue weighted by atomic mass is 35.5. The van der Waals surface area contributed by atoms with E-state index < -0.39 is 23.5 Å². The van der Waals surface area contributed by atoms with Gasteiger partial charge in [-0.25, -0.2) is 13.5 Å². The number of hydrogen-bond donors (Lipinski definition) is 1. The van der Waals surface area contributed by atoms with Crippen LogP contribution in [0, 0.1) is 17.6 Å². The van der Waals surface area contributed by atoms with Gasteiger partial charge in [-0.3, -0.25) is 9.59 Å². The van der Waals surface area contributed by atoms with Crippen molar-refractivity contribution in [2.24, 2.45) is 13.0 Å². The highest BCUT2D eigenvalue weighted by molar-refractivity contribution is 6.30. The minimum absolute atomic E-state index is 0.0576. The number of rotatable bonds is 4. The van der Waals surface area contributed by atoms with Crippen LogP contribution in [0.1, 0.15) is 35.9 Å². The lowest BCUT2D eigenvalue weighted by molar-refractivity contribution is -0.135. The summed E-state index contributed by atoms with van der Waals surface area (Å²) in [6.45, 7) is 2.39. The van der Waals surface area contributed by atoms with E-state index in [4.69, 9.17) is 11.6 Å². The molecular formula is C28H30ClF2N5O2. The number of nitrogens with one attached hydrogen (secondary N) is 1. The molecule has 0 radical (unpaired) electrons. The second-order valence-corrected chi connectivity index (χ2v) is 10.4. The van der Waals surface area contributed by atoms with Crippen LogP contribution in [-0.2, 0) is 11.8 Å². The zero-order chi connectivity index (χ0) is 26.8. The van der Waals surface area contributed by atoms with Gasteiger partial charge < -0.3 is 15.1 Å². The molecule has 10 heteroatoms. The predicted molar refractivity (Wildman–Crippen MR) is 142 cm³/mol. The molecule has 0 aliphatic carbocycles. The Balaban J connectivity index is 1.35. The molecule has 0 spiro atoms. The van der Waals surface area contributed by atoms with E-state index in [0.717, 1.165) is 24.5 Å². The van der Waals surface area contributed by atoms with E-state index >= 15 is 0 Å². The smallest absolute Gasteiger partial charge is 0.266 e. The lowest BCUT2D eigenvalue weighted by atomic mass is 9.87. The first-order valence-corrected chi connectivity index (χ1v) is 13.2. The third kappa shape index (κ3) is 5.59. The summed E-state index contributed by atoms with van der Waals surface area (Å²) in [5.41, 5.74) is 1.23. The van der Waals surface area contributed by atoms with Gasteiger partial charge >= 0.3 is 0 Å². The molecule has 2 aliphatic heterocycles. The van der Waals surface area contributed by atoms with Gasteiger partial charge in [-0.1, -0.05) is 29.8 Å². The highest BCUT2D eigenvalue weighted by Crippen LogP contribution is 2.37. The summed E-state index contributed by atoms with van der Waals surface area (Å²) in [5.74, 6) is -1.87. The third-order valence-corrected chi connectivity index (χ3v) is 7.80. The monoisotopic (exact) mass is 541 g/mol. The number of anilines is 1. The molecule has 7 nitrogen and oxygen atoms in total. The summed E-state index contributed by atoms with van der Waals surface area (Å²) in [7, 11) is 1.56. The van der Waals surface area contributed by atoms with Gasteiger partial charge in [0.2, 0.25) is 5.91 Å². The zero-order valence-corrected chi connectivity index (χ0v) is 21.9. The summed E-state index contributed by atoms with van der Waals surface area (Å²) in [6.07, 6.45) is 1.67. The number of carbonyl (C=O) groups is 1. The van der Waals surface area contributed by atoms with Crippen LogP contribution in [-0.4, -0.2) is 53.3 Å². The number of halogens is 3. The average Bonchev–Trinajstić information content (AvgIpc) is 3.31. The Morgan fingerprint density at radius 1 is 1.05 bits per heavy atom. The summed E-state index contributed by atoms with van der Waals surface area (Å²) >= 11 is 6.03. The molecule has 200 valence electrons. The van der Waals surface area contributed by atoms with Gasteiger partial charge in [0.25, 0.3) is 5.56 Å². The minimum atomic E-state index is -0.664. The van der Waals surface area contributed by atoms with Crippen molar-refractivity contribution in [2.75, 3.05) is 37.6 Å². The largest absolute Gasteiger partial charge is 0.354 e. The van der Waals surface area contributed by atoms with Crippen molar-refractivity contribution < 1.29 is 13.6 Å². The summed E-state index contributed by atoms with van der Waals surface area (Å²) in [5, 5.41) is 8.57. The molecule has 3 unspecified atom stereocenters.